The summed E-state index contributed by atoms with van der Waals surface area (Å²) in [7, 11) is 0. The molecular weight excluding hydrogens is 368 g/mol. The van der Waals surface area contributed by atoms with Crippen molar-refractivity contribution in [2.45, 2.75) is 13.3 Å². The average molecular weight is 385 g/mol. The normalized spacial score (nSPS) is 10.8. The molecule has 0 aliphatic carbocycles. The van der Waals surface area contributed by atoms with Crippen molar-refractivity contribution in [3.05, 3.63) is 28.7 Å². The van der Waals surface area contributed by atoms with E-state index in [2.05, 4.69) is 31.7 Å². The number of carbonyl (C=O) groups is 3. The fourth-order valence-corrected chi connectivity index (χ4v) is 1.72. The highest BCUT2D eigenvalue weighted by atomic mass is 79.9. The second-order valence-electron chi connectivity index (χ2n) is 4.50. The maximum Gasteiger partial charge on any atom is 0.329 e. The lowest BCUT2D eigenvalue weighted by atomic mass is 10.2. The van der Waals surface area contributed by atoms with Crippen LogP contribution in [-0.4, -0.2) is 41.7 Å². The molecule has 4 N–H and O–H groups in total. The predicted molar refractivity (Wildman–Crippen MR) is 88.7 cm³/mol. The van der Waals surface area contributed by atoms with Crippen molar-refractivity contribution in [3.8, 4) is 0 Å². The van der Waals surface area contributed by atoms with Gasteiger partial charge in [-0.2, -0.15) is 5.10 Å². The number of aliphatic hydroxyl groups excluding tert-OH is 1. The van der Waals surface area contributed by atoms with E-state index in [-0.39, 0.29) is 25.5 Å². The number of hydrazone groups is 1. The van der Waals surface area contributed by atoms with Gasteiger partial charge in [0.05, 0.1) is 13.0 Å². The number of hydrogen-bond donors (Lipinski definition) is 4. The van der Waals surface area contributed by atoms with E-state index in [1.807, 2.05) is 5.43 Å². The van der Waals surface area contributed by atoms with E-state index in [1.165, 1.54) is 0 Å². The summed E-state index contributed by atoms with van der Waals surface area (Å²) in [5, 5.41) is 17.1. The third-order valence-electron chi connectivity index (χ3n) is 2.50. The standard InChI is InChI=1S/C14H17BrN4O4/c1-9(18-19-14(23)13(22)16-6-7-20)8-12(21)17-11-4-2-10(15)3-5-11/h2-5,20H,6-8H2,1H3,(H,16,22)(H,17,21)(H,19,23). The number of hydrogen-bond acceptors (Lipinski definition) is 5. The van der Waals surface area contributed by atoms with Crippen LogP contribution in [0.1, 0.15) is 13.3 Å². The van der Waals surface area contributed by atoms with Gasteiger partial charge >= 0.3 is 11.8 Å². The summed E-state index contributed by atoms with van der Waals surface area (Å²) in [4.78, 5) is 34.4. The van der Waals surface area contributed by atoms with Crippen molar-refractivity contribution in [2.75, 3.05) is 18.5 Å². The molecule has 1 aromatic carbocycles. The second-order valence-corrected chi connectivity index (χ2v) is 5.42. The first kappa shape index (κ1) is 18.8. The summed E-state index contributed by atoms with van der Waals surface area (Å²) in [6, 6.07) is 7.06. The minimum atomic E-state index is -0.967. The number of nitrogens with zero attached hydrogens (tertiary/aromatic N) is 1. The molecule has 0 aliphatic rings. The van der Waals surface area contributed by atoms with E-state index in [4.69, 9.17) is 5.11 Å². The molecule has 0 atom stereocenters. The van der Waals surface area contributed by atoms with E-state index in [0.717, 1.165) is 4.47 Å². The quantitative estimate of drug-likeness (QED) is 0.321. The largest absolute Gasteiger partial charge is 0.395 e. The molecule has 0 spiro atoms. The van der Waals surface area contributed by atoms with Crippen LogP contribution < -0.4 is 16.1 Å². The van der Waals surface area contributed by atoms with Crippen molar-refractivity contribution in [2.24, 2.45) is 5.10 Å². The zero-order valence-corrected chi connectivity index (χ0v) is 14.0. The number of anilines is 1. The van der Waals surface area contributed by atoms with Crippen molar-refractivity contribution < 1.29 is 19.5 Å². The van der Waals surface area contributed by atoms with Crippen LogP contribution in [0.2, 0.25) is 0 Å². The molecule has 3 amide bonds. The molecule has 124 valence electrons. The van der Waals surface area contributed by atoms with E-state index in [1.54, 1.807) is 31.2 Å². The van der Waals surface area contributed by atoms with Crippen LogP contribution in [0.4, 0.5) is 5.69 Å². The number of rotatable bonds is 6. The van der Waals surface area contributed by atoms with Gasteiger partial charge in [0.15, 0.2) is 0 Å². The molecule has 1 aromatic rings. The lowest BCUT2D eigenvalue weighted by molar-refractivity contribution is -0.139. The molecule has 0 heterocycles. The van der Waals surface area contributed by atoms with Gasteiger partial charge in [-0.25, -0.2) is 5.43 Å². The Morgan fingerprint density at radius 1 is 1.17 bits per heavy atom. The first-order chi connectivity index (χ1) is 10.9. The van der Waals surface area contributed by atoms with Crippen LogP contribution in [0.3, 0.4) is 0 Å². The van der Waals surface area contributed by atoms with Gasteiger partial charge in [-0.1, -0.05) is 15.9 Å². The van der Waals surface area contributed by atoms with E-state index in [0.29, 0.717) is 11.4 Å². The molecule has 23 heavy (non-hydrogen) atoms. The Kier molecular flexibility index (Phi) is 7.92. The molecule has 0 aliphatic heterocycles. The molecule has 0 bridgehead atoms. The van der Waals surface area contributed by atoms with Crippen molar-refractivity contribution in [3.63, 3.8) is 0 Å². The lowest BCUT2D eigenvalue weighted by Crippen LogP contribution is -2.39. The maximum absolute atomic E-state index is 11.8. The summed E-state index contributed by atoms with van der Waals surface area (Å²) in [6.45, 7) is 1.26. The molecular formula is C14H17BrN4O4. The molecule has 0 saturated heterocycles. The summed E-state index contributed by atoms with van der Waals surface area (Å²) >= 11 is 3.29. The number of benzene rings is 1. The molecule has 0 saturated carbocycles. The summed E-state index contributed by atoms with van der Waals surface area (Å²) < 4.78 is 0.899. The van der Waals surface area contributed by atoms with Crippen molar-refractivity contribution >= 4 is 45.1 Å². The predicted octanol–water partition coefficient (Wildman–Crippen LogP) is 0.378. The van der Waals surface area contributed by atoms with Crippen molar-refractivity contribution in [1.29, 1.82) is 0 Å². The van der Waals surface area contributed by atoms with E-state index < -0.39 is 11.8 Å². The highest BCUT2D eigenvalue weighted by Crippen LogP contribution is 2.14. The number of nitrogens with one attached hydrogen (secondary N) is 3. The smallest absolute Gasteiger partial charge is 0.329 e. The molecule has 0 unspecified atom stereocenters. The minimum absolute atomic E-state index is 0.0233. The van der Waals surface area contributed by atoms with Gasteiger partial charge in [0, 0.05) is 22.4 Å². The van der Waals surface area contributed by atoms with Gasteiger partial charge in [0.2, 0.25) is 5.91 Å². The van der Waals surface area contributed by atoms with E-state index in [9.17, 15) is 14.4 Å². The highest BCUT2D eigenvalue weighted by Gasteiger charge is 2.12. The number of aliphatic hydroxyl groups is 1. The van der Waals surface area contributed by atoms with Crippen LogP contribution in [0.5, 0.6) is 0 Å². The lowest BCUT2D eigenvalue weighted by Gasteiger charge is -2.06. The van der Waals surface area contributed by atoms with Gasteiger partial charge < -0.3 is 15.7 Å². The monoisotopic (exact) mass is 384 g/mol. The minimum Gasteiger partial charge on any atom is -0.395 e. The van der Waals surface area contributed by atoms with Gasteiger partial charge in [-0.15, -0.1) is 0 Å². The van der Waals surface area contributed by atoms with Crippen LogP contribution in [0, 0.1) is 0 Å². The summed E-state index contributed by atoms with van der Waals surface area (Å²) in [5.41, 5.74) is 3.01. The zero-order chi connectivity index (χ0) is 17.2. The number of carbonyl (C=O) groups excluding carboxylic acids is 3. The average Bonchev–Trinajstić information content (AvgIpc) is 2.52. The molecule has 0 radical (unpaired) electrons. The molecule has 0 fully saturated rings. The van der Waals surface area contributed by atoms with Gasteiger partial charge in [-0.3, -0.25) is 14.4 Å². The van der Waals surface area contributed by atoms with Crippen LogP contribution in [0.15, 0.2) is 33.8 Å². The van der Waals surface area contributed by atoms with Crippen molar-refractivity contribution in [1.82, 2.24) is 10.7 Å². The van der Waals surface area contributed by atoms with Crippen LogP contribution >= 0.6 is 15.9 Å². The highest BCUT2D eigenvalue weighted by molar-refractivity contribution is 9.10. The number of halogens is 1. The Balaban J connectivity index is 2.43. The molecule has 1 rings (SSSR count). The van der Waals surface area contributed by atoms with Gasteiger partial charge in [-0.05, 0) is 31.2 Å². The van der Waals surface area contributed by atoms with E-state index >= 15 is 0 Å². The second kappa shape index (κ2) is 9.70. The Morgan fingerprint density at radius 2 is 1.83 bits per heavy atom. The SMILES string of the molecule is CC(CC(=O)Nc1ccc(Br)cc1)=NNC(=O)C(=O)NCCO. The Morgan fingerprint density at radius 3 is 2.43 bits per heavy atom. The topological polar surface area (TPSA) is 120 Å². The molecule has 9 heteroatoms. The van der Waals surface area contributed by atoms with Crippen LogP contribution in [0.25, 0.3) is 0 Å². The third kappa shape index (κ3) is 7.52. The molecule has 0 aromatic heterocycles. The fraction of sp³-hybridized carbons (Fsp3) is 0.286. The molecule has 8 nitrogen and oxygen atoms in total. The third-order valence-corrected chi connectivity index (χ3v) is 3.02. The first-order valence-electron chi connectivity index (χ1n) is 6.70. The maximum atomic E-state index is 11.8. The zero-order valence-electron chi connectivity index (χ0n) is 12.4. The number of amides is 3. The summed E-state index contributed by atoms with van der Waals surface area (Å²) in [6.07, 6.45) is -0.0331. The fourth-order valence-electron chi connectivity index (χ4n) is 1.46. The summed E-state index contributed by atoms with van der Waals surface area (Å²) in [5.74, 6) is -2.17. The van der Waals surface area contributed by atoms with Crippen LogP contribution in [-0.2, 0) is 14.4 Å². The Labute approximate surface area is 141 Å². The van der Waals surface area contributed by atoms with Gasteiger partial charge in [0.25, 0.3) is 0 Å². The Bertz CT molecular complexity index is 601. The van der Waals surface area contributed by atoms with Gasteiger partial charge in [0.1, 0.15) is 0 Å². The first-order valence-corrected chi connectivity index (χ1v) is 7.49. The Hall–Kier alpha value is -2.26.